The summed E-state index contributed by atoms with van der Waals surface area (Å²) in [5.74, 6) is 1.95. The van der Waals surface area contributed by atoms with Crippen molar-refractivity contribution >= 4 is 5.69 Å². The van der Waals surface area contributed by atoms with E-state index in [0.29, 0.717) is 12.6 Å². The molecule has 2 heterocycles. The lowest BCUT2D eigenvalue weighted by Gasteiger charge is -2.36. The number of furan rings is 1. The van der Waals surface area contributed by atoms with Crippen LogP contribution in [-0.4, -0.2) is 6.04 Å². The van der Waals surface area contributed by atoms with Gasteiger partial charge in [0.25, 0.3) is 0 Å². The highest BCUT2D eigenvalue weighted by molar-refractivity contribution is 5.56. The van der Waals surface area contributed by atoms with Crippen LogP contribution < -0.4 is 10.6 Å². The van der Waals surface area contributed by atoms with Crippen LogP contribution >= 0.6 is 0 Å². The molecule has 20 heavy (non-hydrogen) atoms. The van der Waals surface area contributed by atoms with E-state index in [-0.39, 0.29) is 0 Å². The van der Waals surface area contributed by atoms with Crippen molar-refractivity contribution in [2.75, 3.05) is 4.90 Å². The monoisotopic (exact) mass is 270 g/mol. The lowest BCUT2D eigenvalue weighted by atomic mass is 9.96. The summed E-state index contributed by atoms with van der Waals surface area (Å²) in [6.07, 6.45) is 2.36. The molecule has 3 heteroatoms. The third-order valence-electron chi connectivity index (χ3n) is 4.28. The number of nitrogens with zero attached hydrogens (tertiary/aromatic N) is 1. The molecule has 0 radical (unpaired) electrons. The van der Waals surface area contributed by atoms with Gasteiger partial charge in [0.05, 0.1) is 6.54 Å². The lowest BCUT2D eigenvalue weighted by Crippen LogP contribution is -2.36. The van der Waals surface area contributed by atoms with Gasteiger partial charge in [-0.15, -0.1) is 0 Å². The van der Waals surface area contributed by atoms with Crippen molar-refractivity contribution in [3.63, 3.8) is 0 Å². The predicted octanol–water partition coefficient (Wildman–Crippen LogP) is 3.39. The van der Waals surface area contributed by atoms with E-state index in [2.05, 4.69) is 42.2 Å². The Hall–Kier alpha value is -1.74. The quantitative estimate of drug-likeness (QED) is 0.929. The molecule has 0 saturated carbocycles. The topological polar surface area (TPSA) is 42.4 Å². The van der Waals surface area contributed by atoms with Gasteiger partial charge in [0, 0.05) is 23.8 Å². The first-order valence-electron chi connectivity index (χ1n) is 7.32. The number of benzene rings is 1. The number of nitrogens with two attached hydrogens (primary N) is 1. The molecule has 0 saturated heterocycles. The number of hydrogen-bond acceptors (Lipinski definition) is 3. The summed E-state index contributed by atoms with van der Waals surface area (Å²) in [7, 11) is 0. The molecule has 0 bridgehead atoms. The first-order chi connectivity index (χ1) is 9.69. The van der Waals surface area contributed by atoms with E-state index in [4.69, 9.17) is 10.2 Å². The van der Waals surface area contributed by atoms with E-state index in [9.17, 15) is 0 Å². The zero-order chi connectivity index (χ0) is 14.1. The minimum Gasteiger partial charge on any atom is -0.464 e. The molecule has 0 spiro atoms. The highest BCUT2D eigenvalue weighted by Gasteiger charge is 2.23. The Morgan fingerprint density at radius 2 is 2.15 bits per heavy atom. The molecule has 3 rings (SSSR count). The zero-order valence-corrected chi connectivity index (χ0v) is 12.2. The van der Waals surface area contributed by atoms with E-state index in [1.807, 2.05) is 6.92 Å². The van der Waals surface area contributed by atoms with Crippen LogP contribution in [0.4, 0.5) is 5.69 Å². The fraction of sp³-hybridized carbons (Fsp3) is 0.412. The fourth-order valence-electron chi connectivity index (χ4n) is 3.04. The predicted molar refractivity (Wildman–Crippen MR) is 81.7 cm³/mol. The van der Waals surface area contributed by atoms with Crippen LogP contribution in [0.2, 0.25) is 0 Å². The van der Waals surface area contributed by atoms with Crippen molar-refractivity contribution in [1.29, 1.82) is 0 Å². The third-order valence-corrected chi connectivity index (χ3v) is 4.28. The molecular weight excluding hydrogens is 248 g/mol. The van der Waals surface area contributed by atoms with Crippen molar-refractivity contribution in [3.05, 3.63) is 53.0 Å². The van der Waals surface area contributed by atoms with Crippen molar-refractivity contribution in [1.82, 2.24) is 0 Å². The maximum atomic E-state index is 5.85. The average molecular weight is 270 g/mol. The van der Waals surface area contributed by atoms with Crippen LogP contribution in [-0.2, 0) is 19.5 Å². The molecule has 106 valence electrons. The van der Waals surface area contributed by atoms with Gasteiger partial charge in [-0.25, -0.2) is 0 Å². The van der Waals surface area contributed by atoms with Crippen LogP contribution in [0.5, 0.6) is 0 Å². The van der Waals surface area contributed by atoms with E-state index in [1.54, 1.807) is 0 Å². The first-order valence-corrected chi connectivity index (χ1v) is 7.32. The highest BCUT2D eigenvalue weighted by Crippen LogP contribution is 2.32. The van der Waals surface area contributed by atoms with Crippen molar-refractivity contribution in [3.8, 4) is 0 Å². The third kappa shape index (κ3) is 2.34. The molecule has 1 atom stereocenters. The van der Waals surface area contributed by atoms with Gasteiger partial charge in [0.2, 0.25) is 0 Å². The molecule has 1 unspecified atom stereocenters. The second kappa shape index (κ2) is 5.33. The summed E-state index contributed by atoms with van der Waals surface area (Å²) in [6.45, 7) is 5.63. The largest absolute Gasteiger partial charge is 0.464 e. The lowest BCUT2D eigenvalue weighted by molar-refractivity contribution is 0.455. The van der Waals surface area contributed by atoms with E-state index in [1.165, 1.54) is 24.1 Å². The Kier molecular flexibility index (Phi) is 3.53. The molecule has 0 fully saturated rings. The van der Waals surface area contributed by atoms with E-state index < -0.39 is 0 Å². The van der Waals surface area contributed by atoms with E-state index in [0.717, 1.165) is 23.6 Å². The Morgan fingerprint density at radius 1 is 1.35 bits per heavy atom. The first kappa shape index (κ1) is 13.3. The Morgan fingerprint density at radius 3 is 2.90 bits per heavy atom. The average Bonchev–Trinajstić information content (AvgIpc) is 2.82. The Bertz CT molecular complexity index is 603. The minimum absolute atomic E-state index is 0.539. The zero-order valence-electron chi connectivity index (χ0n) is 12.2. The van der Waals surface area contributed by atoms with Crippen molar-refractivity contribution in [2.45, 2.75) is 45.8 Å². The summed E-state index contributed by atoms with van der Waals surface area (Å²) >= 11 is 0. The maximum absolute atomic E-state index is 5.85. The summed E-state index contributed by atoms with van der Waals surface area (Å²) in [5.41, 5.74) is 9.62. The molecule has 1 aromatic heterocycles. The van der Waals surface area contributed by atoms with Crippen LogP contribution in [0.3, 0.4) is 0 Å². The van der Waals surface area contributed by atoms with Gasteiger partial charge in [-0.3, -0.25) is 0 Å². The molecule has 0 amide bonds. The SMILES string of the molecule is Cc1oc(CN2c3ccccc3CCC2C)cc1CN. The molecule has 1 aliphatic heterocycles. The van der Waals surface area contributed by atoms with Crippen molar-refractivity contribution in [2.24, 2.45) is 5.73 Å². The van der Waals surface area contributed by atoms with Gasteiger partial charge in [-0.2, -0.15) is 0 Å². The van der Waals surface area contributed by atoms with Gasteiger partial charge in [0.15, 0.2) is 0 Å². The van der Waals surface area contributed by atoms with Crippen molar-refractivity contribution < 1.29 is 4.42 Å². The van der Waals surface area contributed by atoms with E-state index >= 15 is 0 Å². The molecular formula is C17H22N2O. The number of anilines is 1. The fourth-order valence-corrected chi connectivity index (χ4v) is 3.04. The summed E-state index contributed by atoms with van der Waals surface area (Å²) in [5, 5.41) is 0. The number of para-hydroxylation sites is 1. The van der Waals surface area contributed by atoms with Crippen LogP contribution in [0, 0.1) is 6.92 Å². The number of rotatable bonds is 3. The van der Waals surface area contributed by atoms with Gasteiger partial charge in [0.1, 0.15) is 11.5 Å². The standard InChI is InChI=1S/C17H22N2O/c1-12-7-8-14-5-3-4-6-17(14)19(12)11-16-9-15(10-18)13(2)20-16/h3-6,9,12H,7-8,10-11,18H2,1-2H3. The number of aryl methyl sites for hydroxylation is 2. The maximum Gasteiger partial charge on any atom is 0.123 e. The Balaban J connectivity index is 1.89. The van der Waals surface area contributed by atoms with Gasteiger partial charge >= 0.3 is 0 Å². The van der Waals surface area contributed by atoms with Crippen LogP contribution in [0.1, 0.15) is 36.0 Å². The molecule has 1 aliphatic rings. The van der Waals surface area contributed by atoms with Gasteiger partial charge < -0.3 is 15.1 Å². The second-order valence-corrected chi connectivity index (χ2v) is 5.64. The normalized spacial score (nSPS) is 18.1. The van der Waals surface area contributed by atoms with Crippen LogP contribution in [0.25, 0.3) is 0 Å². The molecule has 0 aliphatic carbocycles. The van der Waals surface area contributed by atoms with Gasteiger partial charge in [-0.05, 0) is 44.4 Å². The molecule has 2 aromatic rings. The second-order valence-electron chi connectivity index (χ2n) is 5.64. The molecule has 1 aromatic carbocycles. The number of fused-ring (bicyclic) bond motifs is 1. The van der Waals surface area contributed by atoms with Gasteiger partial charge in [-0.1, -0.05) is 18.2 Å². The summed E-state index contributed by atoms with van der Waals surface area (Å²) < 4.78 is 5.85. The van der Waals surface area contributed by atoms with Crippen LogP contribution in [0.15, 0.2) is 34.7 Å². The Labute approximate surface area is 120 Å². The molecule has 3 nitrogen and oxygen atoms in total. The smallest absolute Gasteiger partial charge is 0.123 e. The summed E-state index contributed by atoms with van der Waals surface area (Å²) in [6, 6.07) is 11.3. The molecule has 2 N–H and O–H groups in total. The highest BCUT2D eigenvalue weighted by atomic mass is 16.3. The summed E-state index contributed by atoms with van der Waals surface area (Å²) in [4.78, 5) is 2.44. The number of hydrogen-bond donors (Lipinski definition) is 1. The minimum atomic E-state index is 0.539.